The SMILES string of the molecule is CCOc1cc(/C=C2\SC(=O)N(CC(=O)N3CCCC3)C2=O)ccc1OCCOc1ccc(C)cc1. The normalized spacial score (nSPS) is 16.7. The first kappa shape index (κ1) is 25.6. The number of aryl methyl sites for hydroxylation is 1. The van der Waals surface area contributed by atoms with Gasteiger partial charge in [0.25, 0.3) is 11.1 Å². The summed E-state index contributed by atoms with van der Waals surface area (Å²) in [6.07, 6.45) is 3.54. The lowest BCUT2D eigenvalue weighted by Crippen LogP contribution is -2.40. The number of likely N-dealkylation sites (tertiary alicyclic amines) is 1. The number of benzene rings is 2. The number of carbonyl (C=O) groups is 3. The van der Waals surface area contributed by atoms with E-state index in [0.29, 0.717) is 50.0 Å². The van der Waals surface area contributed by atoms with E-state index in [0.717, 1.165) is 35.3 Å². The second kappa shape index (κ2) is 12.0. The largest absolute Gasteiger partial charge is 0.490 e. The van der Waals surface area contributed by atoms with Gasteiger partial charge < -0.3 is 19.1 Å². The molecule has 0 saturated carbocycles. The number of amides is 3. The Labute approximate surface area is 215 Å². The van der Waals surface area contributed by atoms with E-state index in [9.17, 15) is 14.4 Å². The average molecular weight is 511 g/mol. The van der Waals surface area contributed by atoms with Crippen LogP contribution in [0.2, 0.25) is 0 Å². The summed E-state index contributed by atoms with van der Waals surface area (Å²) in [5.41, 5.74) is 1.86. The van der Waals surface area contributed by atoms with Gasteiger partial charge >= 0.3 is 0 Å². The van der Waals surface area contributed by atoms with Crippen LogP contribution in [0.1, 0.15) is 30.9 Å². The first-order chi connectivity index (χ1) is 17.4. The number of hydrogen-bond donors (Lipinski definition) is 0. The highest BCUT2D eigenvalue weighted by molar-refractivity contribution is 8.18. The molecule has 3 amide bonds. The molecule has 0 radical (unpaired) electrons. The van der Waals surface area contributed by atoms with Gasteiger partial charge in [0.1, 0.15) is 25.5 Å². The molecule has 8 nitrogen and oxygen atoms in total. The summed E-state index contributed by atoms with van der Waals surface area (Å²) in [5, 5.41) is -0.433. The first-order valence-corrected chi connectivity index (χ1v) is 12.9. The number of hydrogen-bond acceptors (Lipinski definition) is 7. The zero-order valence-corrected chi connectivity index (χ0v) is 21.3. The third-order valence-corrected chi connectivity index (χ3v) is 6.73. The number of thioether (sulfide) groups is 1. The first-order valence-electron chi connectivity index (χ1n) is 12.1. The molecular formula is C27H30N2O6S. The van der Waals surface area contributed by atoms with Gasteiger partial charge in [-0.15, -0.1) is 0 Å². The molecule has 2 aliphatic heterocycles. The topological polar surface area (TPSA) is 85.4 Å². The van der Waals surface area contributed by atoms with Crippen LogP contribution in [0, 0.1) is 6.92 Å². The average Bonchev–Trinajstić information content (AvgIpc) is 3.49. The Morgan fingerprint density at radius 3 is 2.42 bits per heavy atom. The van der Waals surface area contributed by atoms with Gasteiger partial charge in [0.05, 0.1) is 11.5 Å². The second-order valence-electron chi connectivity index (χ2n) is 8.50. The lowest BCUT2D eigenvalue weighted by Gasteiger charge is -2.18. The molecule has 0 atom stereocenters. The van der Waals surface area contributed by atoms with E-state index in [1.165, 1.54) is 5.56 Å². The van der Waals surface area contributed by atoms with Crippen molar-refractivity contribution in [3.63, 3.8) is 0 Å². The number of imide groups is 1. The molecule has 2 fully saturated rings. The summed E-state index contributed by atoms with van der Waals surface area (Å²) in [6, 6.07) is 13.1. The molecule has 0 unspecified atom stereocenters. The second-order valence-corrected chi connectivity index (χ2v) is 9.50. The Morgan fingerprint density at radius 2 is 1.69 bits per heavy atom. The molecule has 2 saturated heterocycles. The molecule has 0 spiro atoms. The maximum atomic E-state index is 12.8. The van der Waals surface area contributed by atoms with E-state index >= 15 is 0 Å². The molecule has 2 aliphatic rings. The minimum Gasteiger partial charge on any atom is -0.490 e. The van der Waals surface area contributed by atoms with Crippen molar-refractivity contribution in [2.24, 2.45) is 0 Å². The van der Waals surface area contributed by atoms with Crippen molar-refractivity contribution >= 4 is 34.9 Å². The summed E-state index contributed by atoms with van der Waals surface area (Å²) in [7, 11) is 0. The molecule has 36 heavy (non-hydrogen) atoms. The van der Waals surface area contributed by atoms with Crippen LogP contribution in [0.25, 0.3) is 6.08 Å². The van der Waals surface area contributed by atoms with Gasteiger partial charge in [0.15, 0.2) is 11.5 Å². The minimum atomic E-state index is -0.455. The maximum absolute atomic E-state index is 12.8. The van der Waals surface area contributed by atoms with E-state index in [-0.39, 0.29) is 17.4 Å². The lowest BCUT2D eigenvalue weighted by atomic mass is 10.2. The monoisotopic (exact) mass is 510 g/mol. The van der Waals surface area contributed by atoms with Crippen LogP contribution in [-0.2, 0) is 9.59 Å². The number of ether oxygens (including phenoxy) is 3. The smallest absolute Gasteiger partial charge is 0.294 e. The zero-order chi connectivity index (χ0) is 25.5. The number of rotatable bonds is 10. The fraction of sp³-hybridized carbons (Fsp3) is 0.370. The standard InChI is InChI=1S/C27H30N2O6S/c1-3-33-23-16-20(8-11-22(23)35-15-14-34-21-9-6-19(2)7-10-21)17-24-26(31)29(27(32)36-24)18-25(30)28-12-4-5-13-28/h6-11,16-17H,3-5,12-15,18H2,1-2H3/b24-17-. The Hall–Kier alpha value is -3.46. The van der Waals surface area contributed by atoms with Crippen LogP contribution in [0.5, 0.6) is 17.2 Å². The van der Waals surface area contributed by atoms with Crippen molar-refractivity contribution in [1.82, 2.24) is 9.80 Å². The Balaban J connectivity index is 1.38. The highest BCUT2D eigenvalue weighted by Gasteiger charge is 2.37. The maximum Gasteiger partial charge on any atom is 0.294 e. The van der Waals surface area contributed by atoms with Crippen molar-refractivity contribution in [2.45, 2.75) is 26.7 Å². The molecule has 0 aliphatic carbocycles. The van der Waals surface area contributed by atoms with Crippen LogP contribution in [0.4, 0.5) is 4.79 Å². The van der Waals surface area contributed by atoms with Gasteiger partial charge in [0, 0.05) is 13.1 Å². The molecule has 0 aromatic heterocycles. The third kappa shape index (κ3) is 6.40. The van der Waals surface area contributed by atoms with Crippen LogP contribution in [-0.4, -0.2) is 66.3 Å². The van der Waals surface area contributed by atoms with Gasteiger partial charge in [-0.3, -0.25) is 19.3 Å². The molecule has 4 rings (SSSR count). The van der Waals surface area contributed by atoms with Gasteiger partial charge in [-0.05, 0) is 74.4 Å². The lowest BCUT2D eigenvalue weighted by molar-refractivity contribution is -0.135. The number of carbonyl (C=O) groups excluding carboxylic acids is 3. The van der Waals surface area contributed by atoms with Crippen molar-refractivity contribution in [3.05, 3.63) is 58.5 Å². The molecule has 2 aromatic carbocycles. The van der Waals surface area contributed by atoms with Gasteiger partial charge in [-0.1, -0.05) is 23.8 Å². The van der Waals surface area contributed by atoms with Crippen molar-refractivity contribution in [3.8, 4) is 17.2 Å². The highest BCUT2D eigenvalue weighted by Crippen LogP contribution is 2.35. The van der Waals surface area contributed by atoms with Crippen molar-refractivity contribution in [1.29, 1.82) is 0 Å². The summed E-state index contributed by atoms with van der Waals surface area (Å²) < 4.78 is 17.3. The number of nitrogens with zero attached hydrogens (tertiary/aromatic N) is 2. The summed E-state index contributed by atoms with van der Waals surface area (Å²) in [4.78, 5) is 40.7. The van der Waals surface area contributed by atoms with Crippen LogP contribution < -0.4 is 14.2 Å². The summed E-state index contributed by atoms with van der Waals surface area (Å²) in [6.45, 7) is 6.18. The minimum absolute atomic E-state index is 0.192. The van der Waals surface area contributed by atoms with Crippen LogP contribution >= 0.6 is 11.8 Å². The van der Waals surface area contributed by atoms with Gasteiger partial charge in [-0.2, -0.15) is 0 Å². The van der Waals surface area contributed by atoms with Crippen molar-refractivity contribution < 1.29 is 28.6 Å². The molecule has 0 N–H and O–H groups in total. The fourth-order valence-corrected chi connectivity index (χ4v) is 4.78. The third-order valence-electron chi connectivity index (χ3n) is 5.82. The van der Waals surface area contributed by atoms with Gasteiger partial charge in [0.2, 0.25) is 5.91 Å². The van der Waals surface area contributed by atoms with E-state index in [1.807, 2.05) is 38.1 Å². The molecule has 2 heterocycles. The van der Waals surface area contributed by atoms with Crippen molar-refractivity contribution in [2.75, 3.05) is 39.5 Å². The van der Waals surface area contributed by atoms with E-state index in [2.05, 4.69) is 0 Å². The van der Waals surface area contributed by atoms with Crippen LogP contribution in [0.15, 0.2) is 47.4 Å². The van der Waals surface area contributed by atoms with E-state index in [1.54, 1.807) is 29.2 Å². The summed E-state index contributed by atoms with van der Waals surface area (Å²) >= 11 is 0.839. The highest BCUT2D eigenvalue weighted by atomic mass is 32.2. The molecular weight excluding hydrogens is 480 g/mol. The fourth-order valence-electron chi connectivity index (χ4n) is 3.94. The summed E-state index contributed by atoms with van der Waals surface area (Å²) in [5.74, 6) is 1.23. The predicted octanol–water partition coefficient (Wildman–Crippen LogP) is 4.51. The molecule has 190 valence electrons. The quantitative estimate of drug-likeness (QED) is 0.343. The molecule has 2 aromatic rings. The zero-order valence-electron chi connectivity index (χ0n) is 20.5. The van der Waals surface area contributed by atoms with Gasteiger partial charge in [-0.25, -0.2) is 0 Å². The Bertz CT molecular complexity index is 1140. The Morgan fingerprint density at radius 1 is 0.972 bits per heavy atom. The van der Waals surface area contributed by atoms with Crippen LogP contribution in [0.3, 0.4) is 0 Å². The van der Waals surface area contributed by atoms with E-state index in [4.69, 9.17) is 14.2 Å². The van der Waals surface area contributed by atoms with E-state index < -0.39 is 11.1 Å². The molecule has 0 bridgehead atoms. The predicted molar refractivity (Wildman–Crippen MR) is 138 cm³/mol. The molecule has 9 heteroatoms. The Kier molecular flexibility index (Phi) is 8.53.